The number of anilines is 1. The van der Waals surface area contributed by atoms with Crippen LogP contribution in [0.25, 0.3) is 0 Å². The van der Waals surface area contributed by atoms with Gasteiger partial charge in [-0.1, -0.05) is 11.3 Å². The van der Waals surface area contributed by atoms with Crippen LogP contribution in [0.1, 0.15) is 30.7 Å². The Hall–Kier alpha value is -1.72. The van der Waals surface area contributed by atoms with Crippen molar-refractivity contribution in [1.82, 2.24) is 26.1 Å². The number of aryl methyl sites for hydroxylation is 1. The number of rotatable bonds is 7. The van der Waals surface area contributed by atoms with Gasteiger partial charge >= 0.3 is 0 Å². The van der Waals surface area contributed by atoms with E-state index >= 15 is 0 Å². The second kappa shape index (κ2) is 8.11. The Morgan fingerprint density at radius 1 is 1.32 bits per heavy atom. The summed E-state index contributed by atoms with van der Waals surface area (Å²) >= 11 is 2.56. The summed E-state index contributed by atoms with van der Waals surface area (Å²) in [6, 6.07) is 0.0849. The van der Waals surface area contributed by atoms with Crippen LogP contribution in [0.2, 0.25) is 0 Å². The molecule has 0 radical (unpaired) electrons. The van der Waals surface area contributed by atoms with Crippen molar-refractivity contribution < 1.29 is 14.4 Å². The molecule has 2 heterocycles. The molecule has 136 valence electrons. The number of hydrogen-bond acceptors (Lipinski definition) is 8. The first-order valence-electron chi connectivity index (χ1n) is 8.04. The molecule has 1 aromatic rings. The standard InChI is InChI=1S/C14H20N6O3S2/c1-7-19-20-14(25-7)18-12(23)6-24-13-16-9(5-11(22)17-13)4-10(21)15-8-2-3-8/h8-9,13,16H,2-6H2,1H3,(H,15,21)(H,17,22)(H,18,20,23). The van der Waals surface area contributed by atoms with E-state index < -0.39 is 5.50 Å². The number of nitrogens with zero attached hydrogens (tertiary/aromatic N) is 2. The number of thioether (sulfide) groups is 1. The van der Waals surface area contributed by atoms with Gasteiger partial charge in [-0.3, -0.25) is 25.0 Å². The van der Waals surface area contributed by atoms with E-state index in [-0.39, 0.29) is 42.4 Å². The summed E-state index contributed by atoms with van der Waals surface area (Å²) in [6.07, 6.45) is 2.58. The monoisotopic (exact) mass is 384 g/mol. The van der Waals surface area contributed by atoms with Crippen molar-refractivity contribution in [3.63, 3.8) is 0 Å². The Bertz CT molecular complexity index is 663. The minimum absolute atomic E-state index is 0.0390. The van der Waals surface area contributed by atoms with Crippen LogP contribution in [0.3, 0.4) is 0 Å². The van der Waals surface area contributed by atoms with Crippen LogP contribution in [0.5, 0.6) is 0 Å². The van der Waals surface area contributed by atoms with E-state index in [1.807, 2.05) is 6.92 Å². The zero-order valence-electron chi connectivity index (χ0n) is 13.7. The summed E-state index contributed by atoms with van der Waals surface area (Å²) in [5, 5.41) is 20.4. The van der Waals surface area contributed by atoms with E-state index in [1.54, 1.807) is 0 Å². The molecule has 1 aliphatic heterocycles. The molecule has 3 amide bonds. The third kappa shape index (κ3) is 5.94. The SMILES string of the molecule is Cc1nnc(NC(=O)CSC2NC(=O)CC(CC(=O)NC3CC3)N2)s1. The maximum atomic E-state index is 11.9. The average Bonchev–Trinajstić information content (AvgIpc) is 3.25. The first kappa shape index (κ1) is 18.1. The molecule has 11 heteroatoms. The van der Waals surface area contributed by atoms with Gasteiger partial charge in [-0.25, -0.2) is 0 Å². The minimum atomic E-state index is -0.401. The lowest BCUT2D eigenvalue weighted by atomic mass is 10.1. The minimum Gasteiger partial charge on any atom is -0.353 e. The summed E-state index contributed by atoms with van der Waals surface area (Å²) in [5.74, 6) is -0.230. The third-order valence-corrected chi connectivity index (χ3v) is 5.41. The molecule has 1 aliphatic carbocycles. The van der Waals surface area contributed by atoms with Crippen molar-refractivity contribution >= 4 is 46.0 Å². The van der Waals surface area contributed by atoms with Crippen molar-refractivity contribution in [2.75, 3.05) is 11.1 Å². The molecule has 2 atom stereocenters. The largest absolute Gasteiger partial charge is 0.353 e. The zero-order chi connectivity index (χ0) is 17.8. The highest BCUT2D eigenvalue weighted by Crippen LogP contribution is 2.20. The molecule has 0 spiro atoms. The van der Waals surface area contributed by atoms with Crippen molar-refractivity contribution in [3.05, 3.63) is 5.01 Å². The zero-order valence-corrected chi connectivity index (χ0v) is 15.3. The summed E-state index contributed by atoms with van der Waals surface area (Å²) < 4.78 is 0. The van der Waals surface area contributed by atoms with E-state index in [9.17, 15) is 14.4 Å². The van der Waals surface area contributed by atoms with E-state index in [0.29, 0.717) is 11.2 Å². The maximum absolute atomic E-state index is 11.9. The predicted molar refractivity (Wildman–Crippen MR) is 95.0 cm³/mol. The predicted octanol–water partition coefficient (Wildman–Crippen LogP) is -0.0514. The third-order valence-electron chi connectivity index (χ3n) is 3.64. The number of amides is 3. The fourth-order valence-electron chi connectivity index (χ4n) is 2.36. The topological polar surface area (TPSA) is 125 Å². The lowest BCUT2D eigenvalue weighted by Crippen LogP contribution is -2.56. The Labute approximate surface area is 153 Å². The molecule has 2 unspecified atom stereocenters. The Kier molecular flexibility index (Phi) is 5.86. The van der Waals surface area contributed by atoms with E-state index in [1.165, 1.54) is 23.1 Å². The first-order chi connectivity index (χ1) is 12.0. The lowest BCUT2D eigenvalue weighted by Gasteiger charge is -2.30. The molecule has 0 aromatic carbocycles. The van der Waals surface area contributed by atoms with Crippen LogP contribution >= 0.6 is 23.1 Å². The molecule has 2 aliphatic rings. The summed E-state index contributed by atoms with van der Waals surface area (Å²) in [7, 11) is 0. The molecule has 9 nitrogen and oxygen atoms in total. The van der Waals surface area contributed by atoms with E-state index in [2.05, 4.69) is 31.5 Å². The highest BCUT2D eigenvalue weighted by molar-refractivity contribution is 8.00. The Balaban J connectivity index is 1.42. The van der Waals surface area contributed by atoms with Crippen LogP contribution in [-0.4, -0.2) is 51.3 Å². The summed E-state index contributed by atoms with van der Waals surface area (Å²) in [4.78, 5) is 35.6. The van der Waals surface area contributed by atoms with Gasteiger partial charge in [0.25, 0.3) is 0 Å². The second-order valence-corrected chi connectivity index (χ2v) is 8.32. The molecule has 3 rings (SSSR count). The average molecular weight is 384 g/mol. The lowest BCUT2D eigenvalue weighted by molar-refractivity contribution is -0.125. The molecule has 25 heavy (non-hydrogen) atoms. The molecule has 0 bridgehead atoms. The van der Waals surface area contributed by atoms with Gasteiger partial charge in [0.05, 0.1) is 5.75 Å². The van der Waals surface area contributed by atoms with Crippen LogP contribution in [0, 0.1) is 6.92 Å². The van der Waals surface area contributed by atoms with Gasteiger partial charge in [0.15, 0.2) is 0 Å². The Morgan fingerprint density at radius 3 is 2.80 bits per heavy atom. The van der Waals surface area contributed by atoms with E-state index in [4.69, 9.17) is 0 Å². The van der Waals surface area contributed by atoms with Crippen LogP contribution in [0.4, 0.5) is 5.13 Å². The molecule has 1 saturated carbocycles. The second-order valence-electron chi connectivity index (χ2n) is 6.05. The molecular weight excluding hydrogens is 364 g/mol. The Morgan fingerprint density at radius 2 is 2.12 bits per heavy atom. The fourth-order valence-corrected chi connectivity index (χ4v) is 3.87. The number of nitrogens with one attached hydrogen (secondary N) is 4. The number of carbonyl (C=O) groups excluding carboxylic acids is 3. The van der Waals surface area contributed by atoms with Crippen LogP contribution in [0.15, 0.2) is 0 Å². The van der Waals surface area contributed by atoms with Gasteiger partial charge < -0.3 is 10.6 Å². The molecular formula is C14H20N6O3S2. The van der Waals surface area contributed by atoms with Crippen molar-refractivity contribution in [1.29, 1.82) is 0 Å². The van der Waals surface area contributed by atoms with Crippen LogP contribution < -0.4 is 21.3 Å². The van der Waals surface area contributed by atoms with Gasteiger partial charge in [-0.05, 0) is 19.8 Å². The quantitative estimate of drug-likeness (QED) is 0.519. The van der Waals surface area contributed by atoms with Crippen molar-refractivity contribution in [3.8, 4) is 0 Å². The normalized spacial score (nSPS) is 23.0. The van der Waals surface area contributed by atoms with E-state index in [0.717, 1.165) is 17.8 Å². The molecule has 1 saturated heterocycles. The highest BCUT2D eigenvalue weighted by atomic mass is 32.2. The van der Waals surface area contributed by atoms with Gasteiger partial charge in [0, 0.05) is 24.9 Å². The molecule has 2 fully saturated rings. The smallest absolute Gasteiger partial charge is 0.236 e. The molecule has 4 N–H and O–H groups in total. The maximum Gasteiger partial charge on any atom is 0.236 e. The summed E-state index contributed by atoms with van der Waals surface area (Å²) in [6.45, 7) is 1.81. The summed E-state index contributed by atoms with van der Waals surface area (Å²) in [5.41, 5.74) is -0.401. The number of aromatic nitrogens is 2. The van der Waals surface area contributed by atoms with Crippen molar-refractivity contribution in [2.45, 2.75) is 50.2 Å². The fraction of sp³-hybridized carbons (Fsp3) is 0.643. The van der Waals surface area contributed by atoms with Crippen molar-refractivity contribution in [2.24, 2.45) is 0 Å². The van der Waals surface area contributed by atoms with Gasteiger partial charge in [-0.15, -0.1) is 22.0 Å². The first-order valence-corrected chi connectivity index (χ1v) is 9.91. The van der Waals surface area contributed by atoms with Gasteiger partial charge in [0.2, 0.25) is 22.9 Å². The van der Waals surface area contributed by atoms with Gasteiger partial charge in [0.1, 0.15) is 10.5 Å². The number of hydrogen-bond donors (Lipinski definition) is 4. The van der Waals surface area contributed by atoms with Gasteiger partial charge in [-0.2, -0.15) is 0 Å². The van der Waals surface area contributed by atoms with Crippen LogP contribution in [-0.2, 0) is 14.4 Å². The number of carbonyl (C=O) groups is 3. The highest BCUT2D eigenvalue weighted by Gasteiger charge is 2.30. The molecule has 1 aromatic heterocycles.